The molecule has 0 unspecified atom stereocenters. The van der Waals surface area contributed by atoms with Crippen molar-refractivity contribution >= 4 is 17.3 Å². The van der Waals surface area contributed by atoms with Crippen LogP contribution in [0.3, 0.4) is 0 Å². The molecule has 1 rings (SSSR count). The molecule has 0 heterocycles. The van der Waals surface area contributed by atoms with Gasteiger partial charge >= 0.3 is 5.97 Å². The molecule has 2 N–H and O–H groups in total. The van der Waals surface area contributed by atoms with Crippen LogP contribution in [0.25, 0.3) is 0 Å². The third-order valence-corrected chi connectivity index (χ3v) is 2.50. The topological polar surface area (TPSA) is 55.6 Å². The molecule has 0 aromatic heterocycles. The second-order valence-corrected chi connectivity index (χ2v) is 4.54. The van der Waals surface area contributed by atoms with Crippen molar-refractivity contribution in [2.24, 2.45) is 5.92 Å². The van der Waals surface area contributed by atoms with E-state index in [2.05, 4.69) is 23.5 Å². The fraction of sp³-hybridized carbons (Fsp3) is 0.462. The van der Waals surface area contributed by atoms with Crippen molar-refractivity contribution in [2.75, 3.05) is 31.3 Å². The number of nitrogen functional groups attached to an aromatic ring is 1. The minimum atomic E-state index is -0.366. The zero-order chi connectivity index (χ0) is 13.0. The number of rotatable bonds is 4. The smallest absolute Gasteiger partial charge is 0.337 e. The van der Waals surface area contributed by atoms with E-state index in [4.69, 9.17) is 5.73 Å². The van der Waals surface area contributed by atoms with Crippen molar-refractivity contribution in [1.82, 2.24) is 0 Å². The van der Waals surface area contributed by atoms with Crippen LogP contribution in [0.15, 0.2) is 18.2 Å². The predicted molar refractivity (Wildman–Crippen MR) is 70.3 cm³/mol. The van der Waals surface area contributed by atoms with E-state index in [-0.39, 0.29) is 5.97 Å². The number of carbonyl (C=O) groups is 1. The Morgan fingerprint density at radius 1 is 1.47 bits per heavy atom. The van der Waals surface area contributed by atoms with Crippen LogP contribution in [-0.2, 0) is 4.74 Å². The average Bonchev–Trinajstić information content (AvgIpc) is 2.26. The molecule has 0 aliphatic carbocycles. The molecule has 0 saturated carbocycles. The lowest BCUT2D eigenvalue weighted by atomic mass is 10.1. The second kappa shape index (κ2) is 5.57. The van der Waals surface area contributed by atoms with Gasteiger partial charge in [0.2, 0.25) is 0 Å². The predicted octanol–water partition coefficient (Wildman–Crippen LogP) is 2.15. The Labute approximate surface area is 102 Å². The molecule has 4 nitrogen and oxygen atoms in total. The second-order valence-electron chi connectivity index (χ2n) is 4.54. The van der Waals surface area contributed by atoms with Crippen LogP contribution < -0.4 is 10.6 Å². The van der Waals surface area contributed by atoms with Crippen molar-refractivity contribution in [1.29, 1.82) is 0 Å². The lowest BCUT2D eigenvalue weighted by molar-refractivity contribution is 0.0601. The number of methoxy groups -OCH3 is 1. The van der Waals surface area contributed by atoms with Gasteiger partial charge in [0.25, 0.3) is 0 Å². The molecule has 0 bridgehead atoms. The fourth-order valence-corrected chi connectivity index (χ4v) is 1.79. The van der Waals surface area contributed by atoms with Crippen molar-refractivity contribution in [3.63, 3.8) is 0 Å². The molecule has 0 radical (unpaired) electrons. The largest absolute Gasteiger partial charge is 0.465 e. The van der Waals surface area contributed by atoms with Gasteiger partial charge in [0.1, 0.15) is 0 Å². The number of hydrogen-bond acceptors (Lipinski definition) is 4. The summed E-state index contributed by atoms with van der Waals surface area (Å²) in [7, 11) is 3.35. The van der Waals surface area contributed by atoms with Crippen LogP contribution >= 0.6 is 0 Å². The SMILES string of the molecule is COC(=O)c1ccc(N(C)CC(C)C)c(N)c1. The maximum atomic E-state index is 11.3. The van der Waals surface area contributed by atoms with Crippen molar-refractivity contribution in [3.8, 4) is 0 Å². The summed E-state index contributed by atoms with van der Waals surface area (Å²) in [5.74, 6) is 0.189. The van der Waals surface area contributed by atoms with Gasteiger partial charge in [-0.3, -0.25) is 0 Å². The minimum Gasteiger partial charge on any atom is -0.465 e. The van der Waals surface area contributed by atoms with Gasteiger partial charge in [-0.1, -0.05) is 13.8 Å². The van der Waals surface area contributed by atoms with Gasteiger partial charge in [0, 0.05) is 13.6 Å². The first-order chi connectivity index (χ1) is 7.95. The molecule has 0 saturated heterocycles. The summed E-state index contributed by atoms with van der Waals surface area (Å²) in [6.07, 6.45) is 0. The Morgan fingerprint density at radius 2 is 2.12 bits per heavy atom. The van der Waals surface area contributed by atoms with Gasteiger partial charge in [0.05, 0.1) is 24.0 Å². The van der Waals surface area contributed by atoms with Gasteiger partial charge in [-0.2, -0.15) is 0 Å². The van der Waals surface area contributed by atoms with Gasteiger partial charge in [-0.05, 0) is 24.1 Å². The van der Waals surface area contributed by atoms with Gasteiger partial charge < -0.3 is 15.4 Å². The van der Waals surface area contributed by atoms with Crippen LogP contribution in [0.1, 0.15) is 24.2 Å². The van der Waals surface area contributed by atoms with Crippen LogP contribution in [0, 0.1) is 5.92 Å². The Morgan fingerprint density at radius 3 is 2.59 bits per heavy atom. The van der Waals surface area contributed by atoms with Crippen molar-refractivity contribution in [3.05, 3.63) is 23.8 Å². The first-order valence-corrected chi connectivity index (χ1v) is 5.64. The third kappa shape index (κ3) is 3.37. The summed E-state index contributed by atoms with van der Waals surface area (Å²) in [5, 5.41) is 0. The number of hydrogen-bond donors (Lipinski definition) is 1. The normalized spacial score (nSPS) is 10.4. The maximum absolute atomic E-state index is 11.3. The summed E-state index contributed by atoms with van der Waals surface area (Å²) in [6.45, 7) is 5.22. The first-order valence-electron chi connectivity index (χ1n) is 5.64. The van der Waals surface area contributed by atoms with E-state index >= 15 is 0 Å². The van der Waals surface area contributed by atoms with Crippen LogP contribution in [0.4, 0.5) is 11.4 Å². The zero-order valence-electron chi connectivity index (χ0n) is 10.9. The highest BCUT2D eigenvalue weighted by atomic mass is 16.5. The standard InChI is InChI=1S/C13H20N2O2/c1-9(2)8-15(3)12-6-5-10(7-11(12)14)13(16)17-4/h5-7,9H,8,14H2,1-4H3. The fourth-order valence-electron chi connectivity index (χ4n) is 1.79. The summed E-state index contributed by atoms with van der Waals surface area (Å²) in [5.41, 5.74) is 7.95. The molecule has 1 aromatic carbocycles. The van der Waals surface area contributed by atoms with Crippen LogP contribution in [-0.4, -0.2) is 26.7 Å². The van der Waals surface area contributed by atoms with E-state index < -0.39 is 0 Å². The number of benzene rings is 1. The van der Waals surface area contributed by atoms with Crippen LogP contribution in [0.5, 0.6) is 0 Å². The van der Waals surface area contributed by atoms with E-state index in [1.54, 1.807) is 12.1 Å². The number of nitrogens with two attached hydrogens (primary N) is 1. The number of nitrogens with zero attached hydrogens (tertiary/aromatic N) is 1. The van der Waals surface area contributed by atoms with Crippen LogP contribution in [0.2, 0.25) is 0 Å². The number of esters is 1. The number of ether oxygens (including phenoxy) is 1. The summed E-state index contributed by atoms with van der Waals surface area (Å²) < 4.78 is 4.65. The molecular formula is C13H20N2O2. The molecule has 0 aliphatic rings. The third-order valence-electron chi connectivity index (χ3n) is 2.50. The monoisotopic (exact) mass is 236 g/mol. The molecule has 1 aromatic rings. The molecule has 0 spiro atoms. The van der Waals surface area contributed by atoms with Gasteiger partial charge in [-0.25, -0.2) is 4.79 Å². The van der Waals surface area contributed by atoms with Gasteiger partial charge in [0.15, 0.2) is 0 Å². The zero-order valence-corrected chi connectivity index (χ0v) is 10.9. The van der Waals surface area contributed by atoms with Crippen molar-refractivity contribution < 1.29 is 9.53 Å². The van der Waals surface area contributed by atoms with E-state index in [0.29, 0.717) is 17.2 Å². The Balaban J connectivity index is 2.93. The van der Waals surface area contributed by atoms with Gasteiger partial charge in [-0.15, -0.1) is 0 Å². The number of anilines is 2. The minimum absolute atomic E-state index is 0.366. The number of carbonyl (C=O) groups excluding carboxylic acids is 1. The molecule has 0 fully saturated rings. The first kappa shape index (κ1) is 13.4. The summed E-state index contributed by atoms with van der Waals surface area (Å²) >= 11 is 0. The highest BCUT2D eigenvalue weighted by Crippen LogP contribution is 2.24. The molecule has 0 amide bonds. The molecule has 94 valence electrons. The molecular weight excluding hydrogens is 216 g/mol. The van der Waals surface area contributed by atoms with E-state index in [1.807, 2.05) is 13.1 Å². The summed E-state index contributed by atoms with van der Waals surface area (Å²) in [4.78, 5) is 13.4. The Kier molecular flexibility index (Phi) is 4.37. The molecule has 17 heavy (non-hydrogen) atoms. The van der Waals surface area contributed by atoms with E-state index in [9.17, 15) is 4.79 Å². The molecule has 4 heteroatoms. The van der Waals surface area contributed by atoms with Crippen molar-refractivity contribution in [2.45, 2.75) is 13.8 Å². The highest BCUT2D eigenvalue weighted by Gasteiger charge is 2.11. The molecule has 0 aliphatic heterocycles. The lowest BCUT2D eigenvalue weighted by Crippen LogP contribution is -2.23. The van der Waals surface area contributed by atoms with E-state index in [0.717, 1.165) is 12.2 Å². The maximum Gasteiger partial charge on any atom is 0.337 e. The lowest BCUT2D eigenvalue weighted by Gasteiger charge is -2.23. The summed E-state index contributed by atoms with van der Waals surface area (Å²) in [6, 6.07) is 5.23. The Bertz CT molecular complexity index is 402. The molecule has 0 atom stereocenters. The quantitative estimate of drug-likeness (QED) is 0.643. The highest BCUT2D eigenvalue weighted by molar-refractivity contribution is 5.91. The van der Waals surface area contributed by atoms with E-state index in [1.165, 1.54) is 7.11 Å². The Hall–Kier alpha value is -1.71. The average molecular weight is 236 g/mol.